The van der Waals surface area contributed by atoms with Gasteiger partial charge in [0.25, 0.3) is 0 Å². The van der Waals surface area contributed by atoms with Crippen LogP contribution in [0.15, 0.2) is 36.7 Å². The number of nitrogens with zero attached hydrogens (tertiary/aromatic N) is 1. The minimum absolute atomic E-state index is 0.230. The molecule has 2 N–H and O–H groups in total. The van der Waals surface area contributed by atoms with Crippen LogP contribution in [-0.2, 0) is 0 Å². The van der Waals surface area contributed by atoms with Gasteiger partial charge in [-0.25, -0.2) is 4.39 Å². The second kappa shape index (κ2) is 6.70. The number of hydrogen-bond donors (Lipinski definition) is 2. The average molecular weight is 371 g/mol. The molecule has 0 aliphatic heterocycles. The predicted molar refractivity (Wildman–Crippen MR) is 85.4 cm³/mol. The second-order valence-corrected chi connectivity index (χ2v) is 5.30. The highest BCUT2D eigenvalue weighted by Gasteiger charge is 2.03. The number of rotatable bonds is 5. The Morgan fingerprint density at radius 3 is 2.74 bits per heavy atom. The minimum atomic E-state index is -0.230. The van der Waals surface area contributed by atoms with Crippen LogP contribution < -0.4 is 10.6 Å². The van der Waals surface area contributed by atoms with Crippen molar-refractivity contribution in [3.63, 3.8) is 0 Å². The molecule has 2 rings (SSSR count). The molecule has 0 fully saturated rings. The SMILES string of the molecule is CCCNc1cncc(Nc2ccc(F)cc2I)c1. The van der Waals surface area contributed by atoms with E-state index in [2.05, 4.69) is 45.1 Å². The number of anilines is 3. The molecule has 0 saturated heterocycles. The summed E-state index contributed by atoms with van der Waals surface area (Å²) in [6, 6.07) is 6.65. The molecular formula is C14H15FIN3. The Morgan fingerprint density at radius 2 is 2.00 bits per heavy atom. The normalized spacial score (nSPS) is 10.3. The highest BCUT2D eigenvalue weighted by molar-refractivity contribution is 14.1. The number of pyridine rings is 1. The van der Waals surface area contributed by atoms with Crippen molar-refractivity contribution in [1.82, 2.24) is 4.98 Å². The Kier molecular flexibility index (Phi) is 4.95. The van der Waals surface area contributed by atoms with Gasteiger partial charge in [0, 0.05) is 10.1 Å². The Labute approximate surface area is 125 Å². The summed E-state index contributed by atoms with van der Waals surface area (Å²) in [5.41, 5.74) is 2.73. The highest BCUT2D eigenvalue weighted by atomic mass is 127. The number of halogens is 2. The first-order valence-corrected chi connectivity index (χ1v) is 7.18. The van der Waals surface area contributed by atoms with Gasteiger partial charge in [-0.1, -0.05) is 6.92 Å². The Balaban J connectivity index is 2.14. The van der Waals surface area contributed by atoms with Crippen LogP contribution in [0.3, 0.4) is 0 Å². The van der Waals surface area contributed by atoms with Crippen LogP contribution in [-0.4, -0.2) is 11.5 Å². The van der Waals surface area contributed by atoms with E-state index in [4.69, 9.17) is 0 Å². The van der Waals surface area contributed by atoms with Crippen LogP contribution in [0.4, 0.5) is 21.5 Å². The van der Waals surface area contributed by atoms with Crippen molar-refractivity contribution >= 4 is 39.7 Å². The fourth-order valence-corrected chi connectivity index (χ4v) is 2.23. The van der Waals surface area contributed by atoms with Gasteiger partial charge in [-0.15, -0.1) is 0 Å². The first-order chi connectivity index (χ1) is 9.19. The zero-order valence-corrected chi connectivity index (χ0v) is 12.7. The van der Waals surface area contributed by atoms with Crippen LogP contribution >= 0.6 is 22.6 Å². The lowest BCUT2D eigenvalue weighted by Crippen LogP contribution is -2.01. The summed E-state index contributed by atoms with van der Waals surface area (Å²) < 4.78 is 13.9. The first-order valence-electron chi connectivity index (χ1n) is 6.10. The molecular weight excluding hydrogens is 356 g/mol. The summed E-state index contributed by atoms with van der Waals surface area (Å²) in [4.78, 5) is 4.18. The molecule has 0 atom stereocenters. The van der Waals surface area contributed by atoms with Gasteiger partial charge in [-0.2, -0.15) is 0 Å². The van der Waals surface area contributed by atoms with E-state index in [0.29, 0.717) is 0 Å². The lowest BCUT2D eigenvalue weighted by atomic mass is 10.3. The molecule has 0 spiro atoms. The smallest absolute Gasteiger partial charge is 0.124 e. The van der Waals surface area contributed by atoms with E-state index in [0.717, 1.165) is 33.6 Å². The molecule has 0 amide bonds. The zero-order chi connectivity index (χ0) is 13.7. The second-order valence-electron chi connectivity index (χ2n) is 4.14. The quantitative estimate of drug-likeness (QED) is 0.766. The van der Waals surface area contributed by atoms with E-state index < -0.39 is 0 Å². The van der Waals surface area contributed by atoms with Crippen LogP contribution in [0.25, 0.3) is 0 Å². The van der Waals surface area contributed by atoms with Crippen molar-refractivity contribution in [2.24, 2.45) is 0 Å². The maximum absolute atomic E-state index is 13.0. The van der Waals surface area contributed by atoms with Crippen molar-refractivity contribution in [2.75, 3.05) is 17.2 Å². The topological polar surface area (TPSA) is 37.0 Å². The third-order valence-electron chi connectivity index (χ3n) is 2.53. The van der Waals surface area contributed by atoms with Crippen molar-refractivity contribution in [1.29, 1.82) is 0 Å². The maximum atomic E-state index is 13.0. The van der Waals surface area contributed by atoms with Crippen LogP contribution in [0.1, 0.15) is 13.3 Å². The lowest BCUT2D eigenvalue weighted by molar-refractivity contribution is 0.627. The van der Waals surface area contributed by atoms with E-state index in [1.165, 1.54) is 12.1 Å². The monoisotopic (exact) mass is 371 g/mol. The molecule has 2 aromatic rings. The fraction of sp³-hybridized carbons (Fsp3) is 0.214. The van der Waals surface area contributed by atoms with Crippen LogP contribution in [0, 0.1) is 9.39 Å². The molecule has 0 aliphatic carbocycles. The van der Waals surface area contributed by atoms with E-state index in [-0.39, 0.29) is 5.82 Å². The highest BCUT2D eigenvalue weighted by Crippen LogP contribution is 2.24. The van der Waals surface area contributed by atoms with Crippen LogP contribution in [0.5, 0.6) is 0 Å². The van der Waals surface area contributed by atoms with E-state index in [1.54, 1.807) is 18.5 Å². The van der Waals surface area contributed by atoms with Gasteiger partial charge in [-0.3, -0.25) is 4.98 Å². The van der Waals surface area contributed by atoms with Gasteiger partial charge in [0.2, 0.25) is 0 Å². The standard InChI is InChI=1S/C14H15FIN3/c1-2-5-18-11-7-12(9-17-8-11)19-14-4-3-10(15)6-13(14)16/h3-4,6-9,18-19H,2,5H2,1H3. The number of hydrogen-bond acceptors (Lipinski definition) is 3. The molecule has 0 aliphatic rings. The fourth-order valence-electron chi connectivity index (χ4n) is 1.62. The Morgan fingerprint density at radius 1 is 1.21 bits per heavy atom. The summed E-state index contributed by atoms with van der Waals surface area (Å²) in [5, 5.41) is 6.52. The summed E-state index contributed by atoms with van der Waals surface area (Å²) in [6.07, 6.45) is 4.60. The van der Waals surface area contributed by atoms with E-state index in [9.17, 15) is 4.39 Å². The molecule has 100 valence electrons. The number of aromatic nitrogens is 1. The molecule has 1 aromatic carbocycles. The van der Waals surface area contributed by atoms with Gasteiger partial charge in [0.05, 0.1) is 29.5 Å². The van der Waals surface area contributed by atoms with Crippen molar-refractivity contribution < 1.29 is 4.39 Å². The Bertz CT molecular complexity index is 560. The molecule has 0 saturated carbocycles. The lowest BCUT2D eigenvalue weighted by Gasteiger charge is -2.10. The average Bonchev–Trinajstić information content (AvgIpc) is 2.40. The van der Waals surface area contributed by atoms with Gasteiger partial charge >= 0.3 is 0 Å². The summed E-state index contributed by atoms with van der Waals surface area (Å²) in [6.45, 7) is 3.03. The molecule has 5 heteroatoms. The summed E-state index contributed by atoms with van der Waals surface area (Å²) in [7, 11) is 0. The predicted octanol–water partition coefficient (Wildman–Crippen LogP) is 4.39. The maximum Gasteiger partial charge on any atom is 0.124 e. The Hall–Kier alpha value is -1.37. The van der Waals surface area contributed by atoms with Gasteiger partial charge in [0.1, 0.15) is 5.82 Å². The minimum Gasteiger partial charge on any atom is -0.384 e. The molecule has 0 radical (unpaired) electrons. The third-order valence-corrected chi connectivity index (χ3v) is 3.42. The molecule has 0 bridgehead atoms. The third kappa shape index (κ3) is 4.05. The van der Waals surface area contributed by atoms with Gasteiger partial charge in [-0.05, 0) is 53.3 Å². The first kappa shape index (κ1) is 14.0. The number of benzene rings is 1. The van der Waals surface area contributed by atoms with Crippen molar-refractivity contribution in [2.45, 2.75) is 13.3 Å². The zero-order valence-electron chi connectivity index (χ0n) is 10.6. The molecule has 0 unspecified atom stereocenters. The van der Waals surface area contributed by atoms with Crippen molar-refractivity contribution in [3.05, 3.63) is 46.0 Å². The summed E-state index contributed by atoms with van der Waals surface area (Å²) >= 11 is 2.11. The number of nitrogens with one attached hydrogen (secondary N) is 2. The molecule has 1 aromatic heterocycles. The van der Waals surface area contributed by atoms with Gasteiger partial charge in [0.15, 0.2) is 0 Å². The van der Waals surface area contributed by atoms with Gasteiger partial charge < -0.3 is 10.6 Å². The van der Waals surface area contributed by atoms with Crippen LogP contribution in [0.2, 0.25) is 0 Å². The van der Waals surface area contributed by atoms with E-state index >= 15 is 0 Å². The molecule has 3 nitrogen and oxygen atoms in total. The largest absolute Gasteiger partial charge is 0.384 e. The molecule has 1 heterocycles. The van der Waals surface area contributed by atoms with Crippen molar-refractivity contribution in [3.8, 4) is 0 Å². The molecule has 19 heavy (non-hydrogen) atoms. The van der Waals surface area contributed by atoms with E-state index in [1.807, 2.05) is 6.07 Å². The summed E-state index contributed by atoms with van der Waals surface area (Å²) in [5.74, 6) is -0.230.